The molecule has 1 fully saturated rings. The van der Waals surface area contributed by atoms with Gasteiger partial charge in [0.1, 0.15) is 0 Å². The van der Waals surface area contributed by atoms with Gasteiger partial charge in [-0.25, -0.2) is 8.42 Å². The van der Waals surface area contributed by atoms with Crippen LogP contribution in [0.15, 0.2) is 54.6 Å². The van der Waals surface area contributed by atoms with Gasteiger partial charge >= 0.3 is 0 Å². The van der Waals surface area contributed by atoms with Crippen molar-refractivity contribution in [2.24, 2.45) is 0 Å². The van der Waals surface area contributed by atoms with Crippen LogP contribution in [0.1, 0.15) is 5.56 Å². The lowest BCUT2D eigenvalue weighted by Crippen LogP contribution is -2.44. The predicted octanol–water partition coefficient (Wildman–Crippen LogP) is 2.42. The standard InChI is InChI=1S/C19H25N3O2S/c1-21-12-14-22(15-13-21)19-9-7-18(8-10-19)20-25(23,24)16-11-17-5-3-2-4-6-17/h2-10,20H,11-16H2,1H3. The van der Waals surface area contributed by atoms with Crippen molar-refractivity contribution in [3.63, 3.8) is 0 Å². The summed E-state index contributed by atoms with van der Waals surface area (Å²) in [5.41, 5.74) is 2.78. The Morgan fingerprint density at radius 2 is 1.56 bits per heavy atom. The Bertz CT molecular complexity index is 768. The van der Waals surface area contributed by atoms with Gasteiger partial charge in [-0.05, 0) is 43.3 Å². The zero-order valence-corrected chi connectivity index (χ0v) is 15.4. The number of piperazine rings is 1. The van der Waals surface area contributed by atoms with E-state index in [2.05, 4.69) is 21.6 Å². The highest BCUT2D eigenvalue weighted by molar-refractivity contribution is 7.92. The fourth-order valence-electron chi connectivity index (χ4n) is 2.93. The minimum atomic E-state index is -3.35. The summed E-state index contributed by atoms with van der Waals surface area (Å²) in [5.74, 6) is 0.0806. The molecule has 1 aliphatic rings. The van der Waals surface area contributed by atoms with E-state index in [1.807, 2.05) is 54.6 Å². The summed E-state index contributed by atoms with van der Waals surface area (Å²) in [6.07, 6.45) is 0.509. The highest BCUT2D eigenvalue weighted by atomic mass is 32.2. The Labute approximate surface area is 150 Å². The average Bonchev–Trinajstić information content (AvgIpc) is 2.62. The molecule has 6 heteroatoms. The van der Waals surface area contributed by atoms with Gasteiger partial charge in [-0.1, -0.05) is 30.3 Å². The van der Waals surface area contributed by atoms with Gasteiger partial charge in [-0.15, -0.1) is 0 Å². The molecule has 3 rings (SSSR count). The Kier molecular flexibility index (Phi) is 5.60. The van der Waals surface area contributed by atoms with E-state index >= 15 is 0 Å². The van der Waals surface area contributed by atoms with Gasteiger partial charge in [0.15, 0.2) is 0 Å². The van der Waals surface area contributed by atoms with Gasteiger partial charge < -0.3 is 9.80 Å². The van der Waals surface area contributed by atoms with Crippen LogP contribution in [0.3, 0.4) is 0 Å². The second kappa shape index (κ2) is 7.89. The fraction of sp³-hybridized carbons (Fsp3) is 0.368. The zero-order chi connectivity index (χ0) is 17.7. The SMILES string of the molecule is CN1CCN(c2ccc(NS(=O)(=O)CCc3ccccc3)cc2)CC1. The smallest absolute Gasteiger partial charge is 0.233 e. The number of aryl methyl sites for hydroxylation is 1. The van der Waals surface area contributed by atoms with Crippen molar-refractivity contribution in [3.05, 3.63) is 60.2 Å². The van der Waals surface area contributed by atoms with Crippen molar-refractivity contribution in [1.82, 2.24) is 4.90 Å². The van der Waals surface area contributed by atoms with Gasteiger partial charge in [-0.2, -0.15) is 0 Å². The van der Waals surface area contributed by atoms with E-state index in [0.717, 1.165) is 37.4 Å². The Morgan fingerprint density at radius 3 is 2.20 bits per heavy atom. The van der Waals surface area contributed by atoms with Crippen LogP contribution in [-0.2, 0) is 16.4 Å². The third kappa shape index (κ3) is 5.21. The molecule has 1 saturated heterocycles. The largest absolute Gasteiger partial charge is 0.369 e. The molecule has 1 heterocycles. The summed E-state index contributed by atoms with van der Waals surface area (Å²) in [6.45, 7) is 4.10. The van der Waals surface area contributed by atoms with E-state index in [4.69, 9.17) is 0 Å². The molecule has 0 saturated carbocycles. The van der Waals surface area contributed by atoms with Gasteiger partial charge in [0.25, 0.3) is 0 Å². The van der Waals surface area contributed by atoms with Gasteiger partial charge in [-0.3, -0.25) is 4.72 Å². The Balaban J connectivity index is 1.57. The van der Waals surface area contributed by atoms with E-state index < -0.39 is 10.0 Å². The molecule has 0 unspecified atom stereocenters. The van der Waals surface area contributed by atoms with Crippen LogP contribution in [0.2, 0.25) is 0 Å². The van der Waals surface area contributed by atoms with E-state index in [9.17, 15) is 8.42 Å². The quantitative estimate of drug-likeness (QED) is 0.861. The first-order chi connectivity index (χ1) is 12.0. The molecule has 0 bridgehead atoms. The highest BCUT2D eigenvalue weighted by Crippen LogP contribution is 2.20. The van der Waals surface area contributed by atoms with Gasteiger partial charge in [0, 0.05) is 37.6 Å². The molecule has 0 spiro atoms. The third-order valence-electron chi connectivity index (χ3n) is 4.51. The van der Waals surface area contributed by atoms with Gasteiger partial charge in [0.2, 0.25) is 10.0 Å². The summed E-state index contributed by atoms with van der Waals surface area (Å²) in [4.78, 5) is 4.64. The number of benzene rings is 2. The lowest BCUT2D eigenvalue weighted by atomic mass is 10.2. The van der Waals surface area contributed by atoms with E-state index in [-0.39, 0.29) is 5.75 Å². The molecule has 0 aromatic heterocycles. The van der Waals surface area contributed by atoms with Crippen LogP contribution in [0.25, 0.3) is 0 Å². The third-order valence-corrected chi connectivity index (χ3v) is 5.80. The molecule has 2 aromatic carbocycles. The summed E-state index contributed by atoms with van der Waals surface area (Å²) in [6, 6.07) is 17.3. The molecular formula is C19H25N3O2S. The molecular weight excluding hydrogens is 334 g/mol. The average molecular weight is 359 g/mol. The molecule has 1 N–H and O–H groups in total. The van der Waals surface area contributed by atoms with Crippen molar-refractivity contribution >= 4 is 21.4 Å². The lowest BCUT2D eigenvalue weighted by Gasteiger charge is -2.34. The number of nitrogens with one attached hydrogen (secondary N) is 1. The summed E-state index contributed by atoms with van der Waals surface area (Å²) in [5, 5.41) is 0. The molecule has 134 valence electrons. The topological polar surface area (TPSA) is 52.6 Å². The van der Waals surface area contributed by atoms with Crippen LogP contribution < -0.4 is 9.62 Å². The van der Waals surface area contributed by atoms with Crippen LogP contribution in [0.5, 0.6) is 0 Å². The fourth-order valence-corrected chi connectivity index (χ4v) is 4.03. The molecule has 1 aliphatic heterocycles. The summed E-state index contributed by atoms with van der Waals surface area (Å²) >= 11 is 0. The first kappa shape index (κ1) is 17.8. The second-order valence-electron chi connectivity index (χ2n) is 6.49. The number of anilines is 2. The second-order valence-corrected chi connectivity index (χ2v) is 8.34. The van der Waals surface area contributed by atoms with Crippen molar-refractivity contribution in [2.75, 3.05) is 48.6 Å². The monoisotopic (exact) mass is 359 g/mol. The molecule has 5 nitrogen and oxygen atoms in total. The molecule has 2 aromatic rings. The lowest BCUT2D eigenvalue weighted by molar-refractivity contribution is 0.313. The molecule has 0 amide bonds. The highest BCUT2D eigenvalue weighted by Gasteiger charge is 2.15. The van der Waals surface area contributed by atoms with E-state index in [0.29, 0.717) is 12.1 Å². The van der Waals surface area contributed by atoms with E-state index in [1.165, 1.54) is 0 Å². The first-order valence-electron chi connectivity index (χ1n) is 8.60. The maximum Gasteiger partial charge on any atom is 0.233 e. The number of likely N-dealkylation sites (N-methyl/N-ethyl adjacent to an activating group) is 1. The van der Waals surface area contributed by atoms with Crippen molar-refractivity contribution in [1.29, 1.82) is 0 Å². The number of hydrogen-bond acceptors (Lipinski definition) is 4. The molecule has 0 atom stereocenters. The molecule has 25 heavy (non-hydrogen) atoms. The normalized spacial score (nSPS) is 16.0. The minimum absolute atomic E-state index is 0.0806. The Hall–Kier alpha value is -2.05. The van der Waals surface area contributed by atoms with Crippen LogP contribution in [0, 0.1) is 0 Å². The zero-order valence-electron chi connectivity index (χ0n) is 14.6. The number of nitrogens with zero attached hydrogens (tertiary/aromatic N) is 2. The van der Waals surface area contributed by atoms with Crippen molar-refractivity contribution < 1.29 is 8.42 Å². The Morgan fingerprint density at radius 1 is 0.920 bits per heavy atom. The number of hydrogen-bond donors (Lipinski definition) is 1. The van der Waals surface area contributed by atoms with Crippen LogP contribution in [0.4, 0.5) is 11.4 Å². The van der Waals surface area contributed by atoms with Crippen LogP contribution >= 0.6 is 0 Å². The number of sulfonamides is 1. The minimum Gasteiger partial charge on any atom is -0.369 e. The maximum absolute atomic E-state index is 12.3. The molecule has 0 radical (unpaired) electrons. The van der Waals surface area contributed by atoms with Crippen molar-refractivity contribution in [2.45, 2.75) is 6.42 Å². The van der Waals surface area contributed by atoms with Crippen molar-refractivity contribution in [3.8, 4) is 0 Å². The summed E-state index contributed by atoms with van der Waals surface area (Å²) in [7, 11) is -1.22. The predicted molar refractivity (Wildman–Crippen MR) is 104 cm³/mol. The maximum atomic E-state index is 12.3. The van der Waals surface area contributed by atoms with Crippen LogP contribution in [-0.4, -0.2) is 52.3 Å². The summed E-state index contributed by atoms with van der Waals surface area (Å²) < 4.78 is 27.2. The van der Waals surface area contributed by atoms with Gasteiger partial charge in [0.05, 0.1) is 5.75 Å². The van der Waals surface area contributed by atoms with E-state index in [1.54, 1.807) is 0 Å². The molecule has 0 aliphatic carbocycles. The number of rotatable bonds is 6. The first-order valence-corrected chi connectivity index (χ1v) is 10.2.